The second-order valence-corrected chi connectivity index (χ2v) is 7.74. The minimum atomic E-state index is -1.29. The molecule has 33 heavy (non-hydrogen) atoms. The van der Waals surface area contributed by atoms with Crippen molar-refractivity contribution in [2.45, 2.75) is 45.6 Å². The second kappa shape index (κ2) is 12.8. The Bertz CT molecular complexity index is 934. The Morgan fingerprint density at radius 1 is 0.818 bits per heavy atom. The third-order valence-corrected chi connectivity index (χ3v) is 4.71. The molecule has 0 aliphatic rings. The molecular weight excluding hydrogens is 426 g/mol. The molecule has 2 rings (SSSR count). The zero-order valence-electron chi connectivity index (χ0n) is 18.7. The highest BCUT2D eigenvalue weighted by Gasteiger charge is 2.30. The zero-order chi connectivity index (χ0) is 24.2. The van der Waals surface area contributed by atoms with Crippen LogP contribution in [0.5, 0.6) is 0 Å². The van der Waals surface area contributed by atoms with E-state index in [0.717, 1.165) is 11.1 Å². The van der Waals surface area contributed by atoms with Crippen LogP contribution in [-0.2, 0) is 37.1 Å². The molecular formula is C24H29N3O6. The monoisotopic (exact) mass is 455 g/mol. The van der Waals surface area contributed by atoms with E-state index in [1.807, 2.05) is 24.3 Å². The Hall–Kier alpha value is -3.88. The van der Waals surface area contributed by atoms with Crippen LogP contribution in [0.15, 0.2) is 60.7 Å². The van der Waals surface area contributed by atoms with E-state index in [9.17, 15) is 19.2 Å². The molecule has 0 radical (unpaired) electrons. The van der Waals surface area contributed by atoms with Crippen molar-refractivity contribution in [3.63, 3.8) is 0 Å². The first-order chi connectivity index (χ1) is 15.8. The third-order valence-electron chi connectivity index (χ3n) is 4.71. The highest BCUT2D eigenvalue weighted by molar-refractivity contribution is 5.92. The van der Waals surface area contributed by atoms with Crippen LogP contribution in [0, 0.1) is 5.92 Å². The van der Waals surface area contributed by atoms with Gasteiger partial charge in [-0.05, 0) is 17.0 Å². The molecule has 0 aromatic heterocycles. The van der Waals surface area contributed by atoms with Crippen LogP contribution in [0.4, 0.5) is 4.79 Å². The lowest BCUT2D eigenvalue weighted by Gasteiger charge is -2.24. The highest BCUT2D eigenvalue weighted by Crippen LogP contribution is 2.07. The Kier molecular flexibility index (Phi) is 9.88. The number of carbonyl (C=O) groups is 4. The van der Waals surface area contributed by atoms with E-state index in [-0.39, 0.29) is 19.1 Å². The van der Waals surface area contributed by atoms with E-state index in [1.165, 1.54) is 0 Å². The molecule has 0 heterocycles. The molecule has 2 aromatic rings. The summed E-state index contributed by atoms with van der Waals surface area (Å²) in [7, 11) is 0. The van der Waals surface area contributed by atoms with E-state index in [2.05, 4.69) is 10.6 Å². The molecule has 0 saturated carbocycles. The number of hydrogen-bond donors (Lipinski definition) is 3. The number of rotatable bonds is 11. The lowest BCUT2D eigenvalue weighted by molar-refractivity contribution is -0.147. The third kappa shape index (κ3) is 9.02. The first kappa shape index (κ1) is 25.4. The lowest BCUT2D eigenvalue weighted by atomic mass is 10.0. The molecule has 2 atom stereocenters. The first-order valence-electron chi connectivity index (χ1n) is 10.5. The SMILES string of the molecule is CC(C)[C@@H](NC(=O)OCc1ccccc1)C(=O)N[C@H](CC(=O)OCc1ccccc1)C(N)=O. The number of esters is 1. The molecule has 2 aromatic carbocycles. The average Bonchev–Trinajstić information content (AvgIpc) is 2.80. The predicted molar refractivity (Wildman–Crippen MR) is 120 cm³/mol. The minimum absolute atomic E-state index is 0.0303. The Morgan fingerprint density at radius 3 is 1.82 bits per heavy atom. The molecule has 0 bridgehead atoms. The molecule has 9 heteroatoms. The summed E-state index contributed by atoms with van der Waals surface area (Å²) in [4.78, 5) is 48.9. The highest BCUT2D eigenvalue weighted by atomic mass is 16.5. The van der Waals surface area contributed by atoms with Crippen LogP contribution in [0.25, 0.3) is 0 Å². The summed E-state index contributed by atoms with van der Waals surface area (Å²) < 4.78 is 10.3. The van der Waals surface area contributed by atoms with Crippen LogP contribution < -0.4 is 16.4 Å². The number of ether oxygens (including phenoxy) is 2. The van der Waals surface area contributed by atoms with Gasteiger partial charge < -0.3 is 25.8 Å². The number of amides is 3. The van der Waals surface area contributed by atoms with Crippen LogP contribution in [0.2, 0.25) is 0 Å². The van der Waals surface area contributed by atoms with Gasteiger partial charge in [0.25, 0.3) is 0 Å². The van der Waals surface area contributed by atoms with E-state index >= 15 is 0 Å². The van der Waals surface area contributed by atoms with Crippen LogP contribution in [-0.4, -0.2) is 36.0 Å². The predicted octanol–water partition coefficient (Wildman–Crippen LogP) is 2.04. The maximum absolute atomic E-state index is 12.7. The van der Waals surface area contributed by atoms with Crippen molar-refractivity contribution in [2.24, 2.45) is 11.7 Å². The Labute approximate surface area is 192 Å². The fraction of sp³-hybridized carbons (Fsp3) is 0.333. The molecule has 0 saturated heterocycles. The number of primary amides is 1. The van der Waals surface area contributed by atoms with Gasteiger partial charge in [0.15, 0.2) is 0 Å². The van der Waals surface area contributed by atoms with Crippen molar-refractivity contribution in [3.05, 3.63) is 71.8 Å². The molecule has 0 spiro atoms. The van der Waals surface area contributed by atoms with Gasteiger partial charge in [0.05, 0.1) is 6.42 Å². The topological polar surface area (TPSA) is 137 Å². The van der Waals surface area contributed by atoms with Gasteiger partial charge in [0, 0.05) is 0 Å². The molecule has 9 nitrogen and oxygen atoms in total. The van der Waals surface area contributed by atoms with E-state index < -0.39 is 42.4 Å². The van der Waals surface area contributed by atoms with Crippen molar-refractivity contribution < 1.29 is 28.7 Å². The van der Waals surface area contributed by atoms with Crippen molar-refractivity contribution in [2.75, 3.05) is 0 Å². The summed E-state index contributed by atoms with van der Waals surface area (Å²) >= 11 is 0. The number of nitrogens with one attached hydrogen (secondary N) is 2. The van der Waals surface area contributed by atoms with E-state index in [4.69, 9.17) is 15.2 Å². The summed E-state index contributed by atoms with van der Waals surface area (Å²) in [5.41, 5.74) is 6.93. The van der Waals surface area contributed by atoms with Crippen molar-refractivity contribution in [1.29, 1.82) is 0 Å². The van der Waals surface area contributed by atoms with Gasteiger partial charge in [-0.2, -0.15) is 0 Å². The van der Waals surface area contributed by atoms with Gasteiger partial charge in [-0.1, -0.05) is 74.5 Å². The van der Waals surface area contributed by atoms with Gasteiger partial charge in [-0.25, -0.2) is 4.79 Å². The Morgan fingerprint density at radius 2 is 1.33 bits per heavy atom. The summed E-state index contributed by atoms with van der Waals surface area (Å²) in [5.74, 6) is -2.58. The fourth-order valence-corrected chi connectivity index (χ4v) is 2.87. The smallest absolute Gasteiger partial charge is 0.408 e. The summed E-state index contributed by atoms with van der Waals surface area (Å²) in [6.45, 7) is 3.50. The molecule has 4 N–H and O–H groups in total. The molecule has 0 aliphatic heterocycles. The Balaban J connectivity index is 1.89. The number of nitrogens with two attached hydrogens (primary N) is 1. The van der Waals surface area contributed by atoms with Crippen molar-refractivity contribution >= 4 is 23.9 Å². The minimum Gasteiger partial charge on any atom is -0.461 e. The summed E-state index contributed by atoms with van der Waals surface area (Å²) in [6, 6.07) is 15.8. The number of alkyl carbamates (subject to hydrolysis) is 1. The maximum atomic E-state index is 12.7. The molecule has 0 unspecified atom stereocenters. The number of carbonyl (C=O) groups excluding carboxylic acids is 4. The molecule has 0 aliphatic carbocycles. The van der Waals surface area contributed by atoms with E-state index in [0.29, 0.717) is 0 Å². The molecule has 176 valence electrons. The van der Waals surface area contributed by atoms with E-state index in [1.54, 1.807) is 50.2 Å². The lowest BCUT2D eigenvalue weighted by Crippen LogP contribution is -2.55. The molecule has 0 fully saturated rings. The zero-order valence-corrected chi connectivity index (χ0v) is 18.7. The fourth-order valence-electron chi connectivity index (χ4n) is 2.87. The standard InChI is InChI=1S/C24H29N3O6/c1-16(2)21(27-24(31)33-15-18-11-7-4-8-12-18)23(30)26-19(22(25)29)13-20(28)32-14-17-9-5-3-6-10-17/h3-12,16,19,21H,13-15H2,1-2H3,(H2,25,29)(H,26,30)(H,27,31)/t19-,21-/m1/s1. The van der Waals surface area contributed by atoms with Crippen LogP contribution in [0.3, 0.4) is 0 Å². The summed E-state index contributed by atoms with van der Waals surface area (Å²) in [5, 5.41) is 4.91. The van der Waals surface area contributed by atoms with Gasteiger partial charge in [-0.15, -0.1) is 0 Å². The van der Waals surface area contributed by atoms with Crippen molar-refractivity contribution in [1.82, 2.24) is 10.6 Å². The van der Waals surface area contributed by atoms with Crippen LogP contribution >= 0.6 is 0 Å². The normalized spacial score (nSPS) is 12.3. The van der Waals surface area contributed by atoms with Gasteiger partial charge in [-0.3, -0.25) is 14.4 Å². The number of hydrogen-bond acceptors (Lipinski definition) is 6. The average molecular weight is 456 g/mol. The van der Waals surface area contributed by atoms with Gasteiger partial charge >= 0.3 is 12.1 Å². The molecule has 3 amide bonds. The quantitative estimate of drug-likeness (QED) is 0.444. The number of benzene rings is 2. The second-order valence-electron chi connectivity index (χ2n) is 7.74. The van der Waals surface area contributed by atoms with Gasteiger partial charge in [0.1, 0.15) is 25.3 Å². The largest absolute Gasteiger partial charge is 0.461 e. The maximum Gasteiger partial charge on any atom is 0.408 e. The first-order valence-corrected chi connectivity index (χ1v) is 10.5. The van der Waals surface area contributed by atoms with Crippen LogP contribution in [0.1, 0.15) is 31.4 Å². The summed E-state index contributed by atoms with van der Waals surface area (Å²) in [6.07, 6.45) is -1.22. The van der Waals surface area contributed by atoms with Crippen molar-refractivity contribution in [3.8, 4) is 0 Å². The van der Waals surface area contributed by atoms with Gasteiger partial charge in [0.2, 0.25) is 11.8 Å².